The summed E-state index contributed by atoms with van der Waals surface area (Å²) in [6.07, 6.45) is 0. The predicted octanol–water partition coefficient (Wildman–Crippen LogP) is 3.47. The van der Waals surface area contributed by atoms with Crippen LogP contribution in [0.2, 0.25) is 0 Å². The second-order valence-electron chi connectivity index (χ2n) is 3.81. The molecule has 0 saturated carbocycles. The molecule has 0 bridgehead atoms. The topological polar surface area (TPSA) is 75.6 Å². The van der Waals surface area contributed by atoms with Gasteiger partial charge in [0.15, 0.2) is 0 Å². The molecule has 0 radical (unpaired) electrons. The van der Waals surface area contributed by atoms with Crippen LogP contribution in [0.25, 0.3) is 0 Å². The van der Waals surface area contributed by atoms with Crippen LogP contribution in [0.1, 0.15) is 20.0 Å². The summed E-state index contributed by atoms with van der Waals surface area (Å²) in [6, 6.07) is 6.18. The van der Waals surface area contributed by atoms with Crippen molar-refractivity contribution in [3.8, 4) is 5.75 Å². The highest BCUT2D eigenvalue weighted by atomic mass is 79.9. The number of ether oxygens (including phenoxy) is 1. The molecule has 5 nitrogen and oxygen atoms in total. The number of rotatable bonds is 4. The van der Waals surface area contributed by atoms with Crippen molar-refractivity contribution in [2.45, 2.75) is 0 Å². The fraction of sp³-hybridized carbons (Fsp3) is 0.0769. The molecule has 0 saturated heterocycles. The number of methoxy groups -OCH3 is 1. The number of carbonyl (C=O) groups excluding carboxylic acids is 1. The normalized spacial score (nSPS) is 10.1. The van der Waals surface area contributed by atoms with Gasteiger partial charge in [0, 0.05) is 10.2 Å². The average molecular weight is 356 g/mol. The van der Waals surface area contributed by atoms with Gasteiger partial charge in [0.05, 0.1) is 12.7 Å². The van der Waals surface area contributed by atoms with Crippen molar-refractivity contribution in [3.05, 3.63) is 44.6 Å². The molecule has 2 aromatic rings. The molecular weight excluding hydrogens is 346 g/mol. The largest absolute Gasteiger partial charge is 0.495 e. The summed E-state index contributed by atoms with van der Waals surface area (Å²) in [6.45, 7) is 0. The Bertz CT molecular complexity index is 668. The minimum absolute atomic E-state index is 0.0906. The van der Waals surface area contributed by atoms with Crippen molar-refractivity contribution in [2.75, 3.05) is 12.4 Å². The molecule has 0 unspecified atom stereocenters. The van der Waals surface area contributed by atoms with Crippen LogP contribution in [0.4, 0.5) is 5.69 Å². The van der Waals surface area contributed by atoms with E-state index < -0.39 is 5.97 Å². The van der Waals surface area contributed by atoms with Crippen molar-refractivity contribution in [3.63, 3.8) is 0 Å². The minimum Gasteiger partial charge on any atom is -0.495 e. The van der Waals surface area contributed by atoms with Gasteiger partial charge in [0.25, 0.3) is 5.91 Å². The lowest BCUT2D eigenvalue weighted by atomic mass is 10.2. The lowest BCUT2D eigenvalue weighted by molar-refractivity contribution is 0.0696. The number of carboxylic acids is 1. The van der Waals surface area contributed by atoms with Crippen LogP contribution < -0.4 is 10.1 Å². The van der Waals surface area contributed by atoms with Crippen LogP contribution >= 0.6 is 27.3 Å². The van der Waals surface area contributed by atoms with E-state index in [9.17, 15) is 9.59 Å². The van der Waals surface area contributed by atoms with E-state index in [-0.39, 0.29) is 11.5 Å². The number of hydrogen-bond acceptors (Lipinski definition) is 4. The number of anilines is 1. The van der Waals surface area contributed by atoms with Gasteiger partial charge in [-0.05, 0) is 29.6 Å². The van der Waals surface area contributed by atoms with E-state index in [1.807, 2.05) is 0 Å². The molecule has 1 aromatic carbocycles. The van der Waals surface area contributed by atoms with Gasteiger partial charge in [-0.3, -0.25) is 4.79 Å². The number of carboxylic acid groups (broad SMARTS) is 1. The molecule has 1 aromatic heterocycles. The Hall–Kier alpha value is -1.86. The molecule has 0 atom stereocenters. The zero-order valence-corrected chi connectivity index (χ0v) is 12.7. The number of thiophene rings is 1. The van der Waals surface area contributed by atoms with E-state index in [2.05, 4.69) is 21.2 Å². The van der Waals surface area contributed by atoms with Gasteiger partial charge < -0.3 is 15.2 Å². The van der Waals surface area contributed by atoms with Crippen molar-refractivity contribution in [1.82, 2.24) is 0 Å². The molecule has 7 heteroatoms. The van der Waals surface area contributed by atoms with Crippen LogP contribution in [-0.4, -0.2) is 24.1 Å². The highest BCUT2D eigenvalue weighted by Crippen LogP contribution is 2.26. The van der Waals surface area contributed by atoms with E-state index in [0.717, 1.165) is 0 Å². The van der Waals surface area contributed by atoms with Crippen molar-refractivity contribution < 1.29 is 19.4 Å². The number of carbonyl (C=O) groups is 2. The zero-order valence-electron chi connectivity index (χ0n) is 10.3. The minimum atomic E-state index is -1.06. The summed E-state index contributed by atoms with van der Waals surface area (Å²) in [5, 5.41) is 13.4. The SMILES string of the molecule is COc1ccsc1C(=O)Nc1cc(Br)cc(C(=O)O)c1. The van der Waals surface area contributed by atoms with E-state index >= 15 is 0 Å². The lowest BCUT2D eigenvalue weighted by Crippen LogP contribution is -2.12. The van der Waals surface area contributed by atoms with Crippen molar-refractivity contribution in [2.24, 2.45) is 0 Å². The monoisotopic (exact) mass is 355 g/mol. The average Bonchev–Trinajstić information content (AvgIpc) is 2.86. The van der Waals surface area contributed by atoms with Crippen LogP contribution in [0.3, 0.4) is 0 Å². The second-order valence-corrected chi connectivity index (χ2v) is 5.64. The van der Waals surface area contributed by atoms with Gasteiger partial charge >= 0.3 is 5.97 Å². The summed E-state index contributed by atoms with van der Waals surface area (Å²) in [7, 11) is 1.49. The van der Waals surface area contributed by atoms with Gasteiger partial charge in [-0.1, -0.05) is 15.9 Å². The Balaban J connectivity index is 2.26. The summed E-state index contributed by atoms with van der Waals surface area (Å²) in [5.41, 5.74) is 0.491. The Morgan fingerprint density at radius 3 is 2.75 bits per heavy atom. The number of benzene rings is 1. The van der Waals surface area contributed by atoms with E-state index in [4.69, 9.17) is 9.84 Å². The quantitative estimate of drug-likeness (QED) is 0.880. The van der Waals surface area contributed by atoms with Gasteiger partial charge in [-0.2, -0.15) is 0 Å². The highest BCUT2D eigenvalue weighted by Gasteiger charge is 2.15. The number of hydrogen-bond donors (Lipinski definition) is 2. The second kappa shape index (κ2) is 6.06. The predicted molar refractivity (Wildman–Crippen MR) is 79.9 cm³/mol. The molecule has 1 heterocycles. The first-order valence-electron chi connectivity index (χ1n) is 5.48. The van der Waals surface area contributed by atoms with Crippen LogP contribution in [0.15, 0.2) is 34.1 Å². The molecule has 104 valence electrons. The molecule has 0 aliphatic heterocycles. The van der Waals surface area contributed by atoms with Gasteiger partial charge in [-0.25, -0.2) is 4.79 Å². The van der Waals surface area contributed by atoms with Gasteiger partial charge in [0.1, 0.15) is 10.6 Å². The number of aromatic carboxylic acids is 1. The van der Waals surface area contributed by atoms with Crippen LogP contribution in [-0.2, 0) is 0 Å². The molecule has 0 aliphatic rings. The Morgan fingerprint density at radius 2 is 2.10 bits per heavy atom. The third-order valence-electron chi connectivity index (χ3n) is 2.46. The Morgan fingerprint density at radius 1 is 1.35 bits per heavy atom. The first-order valence-corrected chi connectivity index (χ1v) is 7.15. The summed E-state index contributed by atoms with van der Waals surface area (Å²) in [4.78, 5) is 23.5. The number of halogens is 1. The molecule has 2 N–H and O–H groups in total. The molecule has 20 heavy (non-hydrogen) atoms. The summed E-state index contributed by atoms with van der Waals surface area (Å²) < 4.78 is 5.65. The molecule has 1 amide bonds. The van der Waals surface area contributed by atoms with Crippen molar-refractivity contribution in [1.29, 1.82) is 0 Å². The van der Waals surface area contributed by atoms with Crippen LogP contribution in [0, 0.1) is 0 Å². The van der Waals surface area contributed by atoms with E-state index in [1.165, 1.54) is 30.6 Å². The third kappa shape index (κ3) is 3.17. The summed E-state index contributed by atoms with van der Waals surface area (Å²) >= 11 is 4.46. The van der Waals surface area contributed by atoms with Crippen LogP contribution in [0.5, 0.6) is 5.75 Å². The lowest BCUT2D eigenvalue weighted by Gasteiger charge is -2.07. The first-order chi connectivity index (χ1) is 9.51. The highest BCUT2D eigenvalue weighted by molar-refractivity contribution is 9.10. The summed E-state index contributed by atoms with van der Waals surface area (Å²) in [5.74, 6) is -0.914. The third-order valence-corrected chi connectivity index (χ3v) is 3.81. The molecule has 0 fully saturated rings. The molecule has 0 spiro atoms. The zero-order chi connectivity index (χ0) is 14.7. The van der Waals surface area contributed by atoms with Gasteiger partial charge in [0.2, 0.25) is 0 Å². The maximum absolute atomic E-state index is 12.1. The number of amides is 1. The fourth-order valence-corrected chi connectivity index (χ4v) is 2.84. The molecule has 0 aliphatic carbocycles. The fourth-order valence-electron chi connectivity index (χ4n) is 1.60. The first kappa shape index (κ1) is 14.5. The molecule has 2 rings (SSSR count). The smallest absolute Gasteiger partial charge is 0.335 e. The number of nitrogens with one attached hydrogen (secondary N) is 1. The Labute approximate surface area is 127 Å². The van der Waals surface area contributed by atoms with E-state index in [1.54, 1.807) is 17.5 Å². The van der Waals surface area contributed by atoms with Crippen molar-refractivity contribution >= 4 is 44.8 Å². The molecular formula is C13H10BrNO4S. The standard InChI is InChI=1S/C13H10BrNO4S/c1-19-10-2-3-20-11(10)12(16)15-9-5-7(13(17)18)4-8(14)6-9/h2-6H,1H3,(H,15,16)(H,17,18). The van der Waals surface area contributed by atoms with Gasteiger partial charge in [-0.15, -0.1) is 11.3 Å². The maximum atomic E-state index is 12.1. The van der Waals surface area contributed by atoms with E-state index in [0.29, 0.717) is 20.8 Å². The maximum Gasteiger partial charge on any atom is 0.335 e. The Kier molecular flexibility index (Phi) is 4.41.